The minimum atomic E-state index is -0.0713. The van der Waals surface area contributed by atoms with Crippen molar-refractivity contribution in [1.29, 1.82) is 0 Å². The highest BCUT2D eigenvalue weighted by Gasteiger charge is 2.51. The first-order valence-electron chi connectivity index (χ1n) is 7.55. The second kappa shape index (κ2) is 5.25. The van der Waals surface area contributed by atoms with Gasteiger partial charge >= 0.3 is 0 Å². The summed E-state index contributed by atoms with van der Waals surface area (Å²) in [5.74, 6) is 2.73. The quantitative estimate of drug-likeness (QED) is 0.837. The lowest BCUT2D eigenvalue weighted by Crippen LogP contribution is -2.61. The van der Waals surface area contributed by atoms with Crippen LogP contribution in [0.3, 0.4) is 0 Å². The summed E-state index contributed by atoms with van der Waals surface area (Å²) < 4.78 is 0. The SMILES string of the molecule is CC(N)C(C)C(=O)NC12CC3CC(CC(C3)C1)C2.Cl. The molecule has 4 aliphatic rings. The highest BCUT2D eigenvalue weighted by Crippen LogP contribution is 2.55. The Kier molecular flexibility index (Phi) is 4.18. The maximum atomic E-state index is 12.3. The molecule has 4 rings (SSSR count). The molecule has 3 nitrogen and oxygen atoms in total. The Morgan fingerprint density at radius 1 is 1.11 bits per heavy atom. The Morgan fingerprint density at radius 2 is 1.53 bits per heavy atom. The number of halogens is 1. The Hall–Kier alpha value is -0.280. The molecule has 0 radical (unpaired) electrons. The molecule has 110 valence electrons. The summed E-state index contributed by atoms with van der Waals surface area (Å²) in [5.41, 5.74) is 5.98. The average Bonchev–Trinajstić information content (AvgIpc) is 2.24. The van der Waals surface area contributed by atoms with Gasteiger partial charge in [0.25, 0.3) is 0 Å². The third kappa shape index (κ3) is 2.78. The van der Waals surface area contributed by atoms with Crippen LogP contribution in [0.4, 0.5) is 0 Å². The molecule has 4 saturated carbocycles. The molecule has 19 heavy (non-hydrogen) atoms. The van der Waals surface area contributed by atoms with Gasteiger partial charge in [0.05, 0.1) is 0 Å². The summed E-state index contributed by atoms with van der Waals surface area (Å²) in [4.78, 5) is 12.3. The van der Waals surface area contributed by atoms with E-state index in [1.807, 2.05) is 13.8 Å². The first kappa shape index (κ1) is 15.1. The van der Waals surface area contributed by atoms with E-state index >= 15 is 0 Å². The highest BCUT2D eigenvalue weighted by molar-refractivity contribution is 5.85. The molecule has 0 aromatic carbocycles. The molecular weight excluding hydrogens is 260 g/mol. The van der Waals surface area contributed by atoms with E-state index in [0.717, 1.165) is 17.8 Å². The fraction of sp³-hybridized carbons (Fsp3) is 0.933. The largest absolute Gasteiger partial charge is 0.350 e. The minimum absolute atomic E-state index is 0. The van der Waals surface area contributed by atoms with E-state index < -0.39 is 0 Å². The summed E-state index contributed by atoms with van der Waals surface area (Å²) in [6.45, 7) is 3.87. The van der Waals surface area contributed by atoms with Gasteiger partial charge in [0.1, 0.15) is 0 Å². The minimum Gasteiger partial charge on any atom is -0.350 e. The summed E-state index contributed by atoms with van der Waals surface area (Å²) >= 11 is 0. The van der Waals surface area contributed by atoms with E-state index in [0.29, 0.717) is 0 Å². The fourth-order valence-electron chi connectivity index (χ4n) is 4.88. The van der Waals surface area contributed by atoms with Crippen molar-refractivity contribution in [3.63, 3.8) is 0 Å². The van der Waals surface area contributed by atoms with Gasteiger partial charge in [0, 0.05) is 17.5 Å². The average molecular weight is 287 g/mol. The van der Waals surface area contributed by atoms with Crippen molar-refractivity contribution in [2.75, 3.05) is 0 Å². The molecule has 0 aliphatic heterocycles. The predicted molar refractivity (Wildman–Crippen MR) is 79.1 cm³/mol. The fourth-order valence-corrected chi connectivity index (χ4v) is 4.88. The molecule has 1 amide bonds. The molecule has 0 heterocycles. The van der Waals surface area contributed by atoms with Crippen LogP contribution in [0.15, 0.2) is 0 Å². The first-order chi connectivity index (χ1) is 8.47. The zero-order chi connectivity index (χ0) is 12.9. The number of nitrogens with two attached hydrogens (primary N) is 1. The molecular formula is C15H27ClN2O. The van der Waals surface area contributed by atoms with E-state index in [4.69, 9.17) is 5.73 Å². The van der Waals surface area contributed by atoms with Crippen molar-refractivity contribution in [2.24, 2.45) is 29.4 Å². The molecule has 0 aromatic rings. The third-order valence-electron chi connectivity index (χ3n) is 5.63. The molecule has 2 unspecified atom stereocenters. The van der Waals surface area contributed by atoms with Crippen molar-refractivity contribution >= 4 is 18.3 Å². The molecule has 3 N–H and O–H groups in total. The summed E-state index contributed by atoms with van der Waals surface area (Å²) in [6, 6.07) is -0.0566. The molecule has 2 atom stereocenters. The topological polar surface area (TPSA) is 55.1 Å². The first-order valence-corrected chi connectivity index (χ1v) is 7.55. The van der Waals surface area contributed by atoms with E-state index in [9.17, 15) is 4.79 Å². The Bertz CT molecular complexity index is 321. The van der Waals surface area contributed by atoms with Gasteiger partial charge in [-0.05, 0) is 63.2 Å². The molecule has 4 aliphatic carbocycles. The van der Waals surface area contributed by atoms with Crippen LogP contribution in [0.2, 0.25) is 0 Å². The van der Waals surface area contributed by atoms with Crippen LogP contribution < -0.4 is 11.1 Å². The van der Waals surface area contributed by atoms with Crippen LogP contribution >= 0.6 is 12.4 Å². The number of rotatable bonds is 3. The summed E-state index contributed by atoms with van der Waals surface area (Å²) in [6.07, 6.45) is 7.90. The Balaban J connectivity index is 0.00000133. The second-order valence-electron chi connectivity index (χ2n) is 7.33. The lowest BCUT2D eigenvalue weighted by Gasteiger charge is -2.57. The van der Waals surface area contributed by atoms with E-state index in [1.165, 1.54) is 38.5 Å². The molecule has 4 bridgehead atoms. The maximum absolute atomic E-state index is 12.3. The van der Waals surface area contributed by atoms with Crippen LogP contribution in [0, 0.1) is 23.7 Å². The van der Waals surface area contributed by atoms with Gasteiger partial charge in [-0.15, -0.1) is 12.4 Å². The van der Waals surface area contributed by atoms with Crippen molar-refractivity contribution in [1.82, 2.24) is 5.32 Å². The van der Waals surface area contributed by atoms with Gasteiger partial charge in [0.15, 0.2) is 0 Å². The maximum Gasteiger partial charge on any atom is 0.224 e. The van der Waals surface area contributed by atoms with Crippen LogP contribution in [-0.2, 0) is 4.79 Å². The zero-order valence-corrected chi connectivity index (χ0v) is 12.8. The standard InChI is InChI=1S/C15H26N2O.ClH/c1-9(10(2)16)14(18)17-15-6-11-3-12(7-15)5-13(4-11)8-15;/h9-13H,3-8,16H2,1-2H3,(H,17,18);1H. The van der Waals surface area contributed by atoms with Crippen molar-refractivity contribution < 1.29 is 4.79 Å². The third-order valence-corrected chi connectivity index (χ3v) is 5.63. The van der Waals surface area contributed by atoms with Gasteiger partial charge in [-0.25, -0.2) is 0 Å². The number of hydrogen-bond acceptors (Lipinski definition) is 2. The van der Waals surface area contributed by atoms with Crippen LogP contribution in [0.1, 0.15) is 52.4 Å². The van der Waals surface area contributed by atoms with Crippen LogP contribution in [0.5, 0.6) is 0 Å². The van der Waals surface area contributed by atoms with E-state index in [-0.39, 0.29) is 35.8 Å². The van der Waals surface area contributed by atoms with Gasteiger partial charge in [-0.3, -0.25) is 4.79 Å². The summed E-state index contributed by atoms with van der Waals surface area (Å²) in [5, 5.41) is 3.39. The molecule has 0 saturated heterocycles. The Morgan fingerprint density at radius 3 is 1.89 bits per heavy atom. The van der Waals surface area contributed by atoms with Crippen molar-refractivity contribution in [3.05, 3.63) is 0 Å². The number of carbonyl (C=O) groups excluding carboxylic acids is 1. The van der Waals surface area contributed by atoms with E-state index in [2.05, 4.69) is 5.32 Å². The molecule has 4 fully saturated rings. The monoisotopic (exact) mass is 286 g/mol. The van der Waals surface area contributed by atoms with Gasteiger partial charge in [-0.1, -0.05) is 6.92 Å². The molecule has 4 heteroatoms. The van der Waals surface area contributed by atoms with Gasteiger partial charge < -0.3 is 11.1 Å². The number of carbonyl (C=O) groups is 1. The van der Waals surface area contributed by atoms with Gasteiger partial charge in [-0.2, -0.15) is 0 Å². The van der Waals surface area contributed by atoms with E-state index in [1.54, 1.807) is 0 Å². The van der Waals surface area contributed by atoms with Crippen LogP contribution in [0.25, 0.3) is 0 Å². The lowest BCUT2D eigenvalue weighted by atomic mass is 9.53. The smallest absolute Gasteiger partial charge is 0.224 e. The normalized spacial score (nSPS) is 42.4. The Labute approximate surface area is 122 Å². The van der Waals surface area contributed by atoms with Gasteiger partial charge in [0.2, 0.25) is 5.91 Å². The van der Waals surface area contributed by atoms with Crippen LogP contribution in [-0.4, -0.2) is 17.5 Å². The summed E-state index contributed by atoms with van der Waals surface area (Å²) in [7, 11) is 0. The molecule has 0 spiro atoms. The number of amides is 1. The number of hydrogen-bond donors (Lipinski definition) is 2. The zero-order valence-electron chi connectivity index (χ0n) is 12.0. The molecule has 0 aromatic heterocycles. The highest BCUT2D eigenvalue weighted by atomic mass is 35.5. The van der Waals surface area contributed by atoms with Crippen molar-refractivity contribution in [3.8, 4) is 0 Å². The number of nitrogens with one attached hydrogen (secondary N) is 1. The lowest BCUT2D eigenvalue weighted by molar-refractivity contribution is -0.130. The van der Waals surface area contributed by atoms with Crippen molar-refractivity contribution in [2.45, 2.75) is 64.0 Å². The predicted octanol–water partition coefficient (Wildman–Crippen LogP) is 2.48. The second-order valence-corrected chi connectivity index (χ2v) is 7.33.